The quantitative estimate of drug-likeness (QED) is 0.134. The van der Waals surface area contributed by atoms with Gasteiger partial charge < -0.3 is 20.4 Å². The average molecular weight is 781 g/mol. The molecule has 0 unspecified atom stereocenters. The highest BCUT2D eigenvalue weighted by Gasteiger charge is 2.33. The van der Waals surface area contributed by atoms with Gasteiger partial charge in [-0.3, -0.25) is 0 Å². The summed E-state index contributed by atoms with van der Waals surface area (Å²) in [6.07, 6.45) is 13.7. The Kier molecular flexibility index (Phi) is 14.7. The van der Waals surface area contributed by atoms with Crippen LogP contribution in [0.4, 0.5) is 0 Å². The van der Waals surface area contributed by atoms with Crippen LogP contribution in [0.2, 0.25) is 0 Å². The van der Waals surface area contributed by atoms with Gasteiger partial charge in [0, 0.05) is 22.0 Å². The van der Waals surface area contributed by atoms with Crippen LogP contribution in [-0.2, 0) is 10.8 Å². The molecule has 0 spiro atoms. The van der Waals surface area contributed by atoms with Gasteiger partial charge in [-0.15, -0.1) is 0 Å². The maximum atomic E-state index is 10.7. The van der Waals surface area contributed by atoms with E-state index in [9.17, 15) is 20.4 Å². The summed E-state index contributed by atoms with van der Waals surface area (Å²) in [5.41, 5.74) is 9.36. The van der Waals surface area contributed by atoms with Crippen molar-refractivity contribution in [3.8, 4) is 35.2 Å². The molecule has 0 amide bonds. The lowest BCUT2D eigenvalue weighted by Crippen LogP contribution is -2.29. The fourth-order valence-corrected chi connectivity index (χ4v) is 9.47. The summed E-state index contributed by atoms with van der Waals surface area (Å²) in [5, 5.41) is 41.3. The molecule has 308 valence electrons. The van der Waals surface area contributed by atoms with Crippen LogP contribution in [0.1, 0.15) is 173 Å². The molecule has 2 aliphatic carbocycles. The molecule has 4 nitrogen and oxygen atoms in total. The Labute approximate surface area is 350 Å². The van der Waals surface area contributed by atoms with Gasteiger partial charge in [0.25, 0.3) is 0 Å². The van der Waals surface area contributed by atoms with Gasteiger partial charge in [-0.2, -0.15) is 0 Å². The summed E-state index contributed by atoms with van der Waals surface area (Å²) in [5.74, 6) is 13.5. The summed E-state index contributed by atoms with van der Waals surface area (Å²) >= 11 is 0. The summed E-state index contributed by atoms with van der Waals surface area (Å²) in [6.45, 7) is 17.0. The van der Waals surface area contributed by atoms with Gasteiger partial charge in [-0.25, -0.2) is 0 Å². The minimum Gasteiger partial charge on any atom is -0.508 e. The fraction of sp³-hybridized carbons (Fsp3) is 0.481. The number of hydrogen-bond donors (Lipinski definition) is 4. The second kappa shape index (κ2) is 19.1. The predicted octanol–water partition coefficient (Wildman–Crippen LogP) is 12.3. The number of benzene rings is 4. The summed E-state index contributed by atoms with van der Waals surface area (Å²) in [6, 6.07) is 25.1. The largest absolute Gasteiger partial charge is 0.508 e. The molecule has 4 N–H and O–H groups in total. The number of phenolic OH excluding ortho intramolecular Hbond substituents is 2. The van der Waals surface area contributed by atoms with Crippen LogP contribution in [-0.4, -0.2) is 31.6 Å². The molecule has 0 heterocycles. The zero-order valence-electron chi connectivity index (χ0n) is 36.6. The lowest BCUT2D eigenvalue weighted by molar-refractivity contribution is 0.0606. The standard InChI is InChI=1S/2C27H34O2/c2*1-5-27(6-2,24-12-13-25(28)21(4)19-24)23-11-10-22(20(3)18-23)14-17-26(29)15-8-7-9-16-26/h2*10-13,18-19,28-29H,5-9,15-16H2,1-4H3. The number of aromatic hydroxyl groups is 2. The molecule has 4 aromatic carbocycles. The number of phenols is 2. The molecular weight excluding hydrogens is 713 g/mol. The number of rotatable bonds is 8. The predicted molar refractivity (Wildman–Crippen MR) is 241 cm³/mol. The molecule has 0 radical (unpaired) electrons. The van der Waals surface area contributed by atoms with E-state index in [1.807, 2.05) is 26.0 Å². The molecule has 0 saturated heterocycles. The number of aliphatic hydroxyl groups is 2. The molecule has 4 heteroatoms. The van der Waals surface area contributed by atoms with E-state index in [2.05, 4.69) is 126 Å². The highest BCUT2D eigenvalue weighted by atomic mass is 16.3. The molecule has 2 fully saturated rings. The van der Waals surface area contributed by atoms with Crippen LogP contribution < -0.4 is 0 Å². The van der Waals surface area contributed by atoms with Gasteiger partial charge in [0.05, 0.1) is 0 Å². The summed E-state index contributed by atoms with van der Waals surface area (Å²) in [7, 11) is 0. The third-order valence-corrected chi connectivity index (χ3v) is 13.7. The van der Waals surface area contributed by atoms with E-state index in [1.165, 1.54) is 35.1 Å². The van der Waals surface area contributed by atoms with Gasteiger partial charge >= 0.3 is 0 Å². The van der Waals surface area contributed by atoms with Crippen molar-refractivity contribution in [1.82, 2.24) is 0 Å². The fourth-order valence-electron chi connectivity index (χ4n) is 9.47. The third kappa shape index (κ3) is 9.85. The van der Waals surface area contributed by atoms with E-state index in [-0.39, 0.29) is 10.8 Å². The smallest absolute Gasteiger partial charge is 0.125 e. The van der Waals surface area contributed by atoms with Crippen molar-refractivity contribution in [2.24, 2.45) is 0 Å². The normalized spacial score (nSPS) is 16.2. The van der Waals surface area contributed by atoms with E-state index in [1.54, 1.807) is 0 Å². The molecule has 6 rings (SSSR count). The lowest BCUT2D eigenvalue weighted by atomic mass is 9.70. The Hall–Kier alpha value is -4.48. The summed E-state index contributed by atoms with van der Waals surface area (Å²) in [4.78, 5) is 0. The first kappa shape index (κ1) is 44.6. The SMILES string of the molecule is CCC(CC)(c1ccc(O)c(C)c1)c1ccc(C#CC2(O)CCCCC2)c(C)c1.CCC(CC)(c1ccc(O)c(C)c1)c1ccc(C#CC2(O)CCCCC2)c(C)c1. The monoisotopic (exact) mass is 781 g/mol. The van der Waals surface area contributed by atoms with Crippen molar-refractivity contribution in [2.75, 3.05) is 0 Å². The maximum Gasteiger partial charge on any atom is 0.125 e. The second-order valence-electron chi connectivity index (χ2n) is 17.3. The van der Waals surface area contributed by atoms with E-state index >= 15 is 0 Å². The van der Waals surface area contributed by atoms with E-state index in [4.69, 9.17) is 0 Å². The molecule has 2 aliphatic rings. The molecular formula is C54H68O4. The summed E-state index contributed by atoms with van der Waals surface area (Å²) < 4.78 is 0. The molecule has 4 aromatic rings. The Morgan fingerprint density at radius 2 is 0.741 bits per heavy atom. The Morgan fingerprint density at radius 1 is 0.448 bits per heavy atom. The molecule has 0 aliphatic heterocycles. The minimum atomic E-state index is -0.816. The minimum absolute atomic E-state index is 0.0866. The first-order chi connectivity index (χ1) is 27.7. The molecule has 58 heavy (non-hydrogen) atoms. The van der Waals surface area contributed by atoms with E-state index in [0.717, 1.165) is 110 Å². The zero-order chi connectivity index (χ0) is 42.1. The van der Waals surface area contributed by atoms with Crippen molar-refractivity contribution in [1.29, 1.82) is 0 Å². The molecule has 0 bridgehead atoms. The zero-order valence-corrected chi connectivity index (χ0v) is 36.6. The van der Waals surface area contributed by atoms with Crippen LogP contribution in [0.5, 0.6) is 11.5 Å². The van der Waals surface area contributed by atoms with Crippen LogP contribution in [0.25, 0.3) is 0 Å². The van der Waals surface area contributed by atoms with Gasteiger partial charge in [0.1, 0.15) is 22.7 Å². The third-order valence-electron chi connectivity index (χ3n) is 13.7. The van der Waals surface area contributed by atoms with E-state index < -0.39 is 11.2 Å². The number of hydrogen-bond acceptors (Lipinski definition) is 4. The van der Waals surface area contributed by atoms with Crippen LogP contribution in [0, 0.1) is 51.4 Å². The first-order valence-electron chi connectivity index (χ1n) is 22.0. The van der Waals surface area contributed by atoms with Crippen molar-refractivity contribution in [3.05, 3.63) is 128 Å². The van der Waals surface area contributed by atoms with Crippen LogP contribution in [0.15, 0.2) is 72.8 Å². The van der Waals surface area contributed by atoms with Crippen molar-refractivity contribution in [2.45, 2.75) is 167 Å². The van der Waals surface area contributed by atoms with Crippen LogP contribution in [0.3, 0.4) is 0 Å². The first-order valence-corrected chi connectivity index (χ1v) is 22.0. The highest BCUT2D eigenvalue weighted by Crippen LogP contribution is 2.42. The van der Waals surface area contributed by atoms with Gasteiger partial charge in [0.15, 0.2) is 0 Å². The van der Waals surface area contributed by atoms with Crippen molar-refractivity contribution >= 4 is 0 Å². The Morgan fingerprint density at radius 3 is 1.02 bits per heavy atom. The Bertz CT molecular complexity index is 1990. The van der Waals surface area contributed by atoms with Crippen molar-refractivity contribution in [3.63, 3.8) is 0 Å². The highest BCUT2D eigenvalue weighted by molar-refractivity contribution is 5.52. The molecule has 0 aromatic heterocycles. The second-order valence-corrected chi connectivity index (χ2v) is 17.3. The van der Waals surface area contributed by atoms with Crippen LogP contribution >= 0.6 is 0 Å². The van der Waals surface area contributed by atoms with Crippen molar-refractivity contribution < 1.29 is 20.4 Å². The number of aryl methyl sites for hydroxylation is 4. The van der Waals surface area contributed by atoms with Gasteiger partial charge in [-0.05, 0) is 174 Å². The van der Waals surface area contributed by atoms with Gasteiger partial charge in [-0.1, -0.05) is 113 Å². The average Bonchev–Trinajstić information content (AvgIpc) is 3.22. The van der Waals surface area contributed by atoms with Gasteiger partial charge in [0.2, 0.25) is 0 Å². The molecule has 0 atom stereocenters. The Balaban J connectivity index is 0.000000221. The van der Waals surface area contributed by atoms with E-state index in [0.29, 0.717) is 11.5 Å². The topological polar surface area (TPSA) is 80.9 Å². The maximum absolute atomic E-state index is 10.7. The molecule has 2 saturated carbocycles. The lowest BCUT2D eigenvalue weighted by Gasteiger charge is -2.34.